The van der Waals surface area contributed by atoms with Crippen molar-refractivity contribution in [2.24, 2.45) is 5.41 Å². The number of likely N-dealkylation sites (N-methyl/N-ethyl adjacent to an activating group) is 1. The van der Waals surface area contributed by atoms with Crippen molar-refractivity contribution in [3.8, 4) is 0 Å². The van der Waals surface area contributed by atoms with E-state index in [0.29, 0.717) is 12.0 Å². The summed E-state index contributed by atoms with van der Waals surface area (Å²) in [4.78, 5) is 27.1. The molecule has 0 spiro atoms. The molecule has 3 rings (SSSR count). The lowest BCUT2D eigenvalue weighted by atomic mass is 9.78. The summed E-state index contributed by atoms with van der Waals surface area (Å²) in [5.74, 6) is 2.01. The van der Waals surface area contributed by atoms with Gasteiger partial charge in [0, 0.05) is 39.3 Å². The number of nitrogens with zero attached hydrogens (tertiary/aromatic N) is 5. The van der Waals surface area contributed by atoms with Crippen LogP contribution < -0.4 is 9.80 Å². The summed E-state index contributed by atoms with van der Waals surface area (Å²) in [5.41, 5.74) is 0.377. The largest absolute Gasteiger partial charge is 0.356 e. The molecule has 132 valence electrons. The molecule has 0 saturated carbocycles. The van der Waals surface area contributed by atoms with E-state index < -0.39 is 0 Å². The smallest absolute Gasteiger partial charge is 0.241 e. The maximum Gasteiger partial charge on any atom is 0.241 e. The lowest BCUT2D eigenvalue weighted by molar-refractivity contribution is -0.129. The van der Waals surface area contributed by atoms with Gasteiger partial charge in [0.05, 0.1) is 6.54 Å². The third-order valence-electron chi connectivity index (χ3n) is 5.38. The molecule has 0 bridgehead atoms. The van der Waals surface area contributed by atoms with Crippen LogP contribution in [0.2, 0.25) is 0 Å². The molecule has 1 atom stereocenters. The van der Waals surface area contributed by atoms with Crippen LogP contribution in [0.15, 0.2) is 12.4 Å². The predicted octanol–water partition coefficient (Wildman–Crippen LogP) is 2.16. The van der Waals surface area contributed by atoms with E-state index in [0.717, 1.165) is 37.8 Å². The van der Waals surface area contributed by atoms with Gasteiger partial charge in [-0.15, -0.1) is 0 Å². The first-order valence-electron chi connectivity index (χ1n) is 9.07. The van der Waals surface area contributed by atoms with Gasteiger partial charge in [-0.25, -0.2) is 9.97 Å². The maximum atomic E-state index is 12.0. The van der Waals surface area contributed by atoms with Crippen molar-refractivity contribution in [3.05, 3.63) is 12.4 Å². The number of carbonyl (C=O) groups excluding carboxylic acids is 1. The fourth-order valence-electron chi connectivity index (χ4n) is 3.96. The van der Waals surface area contributed by atoms with Gasteiger partial charge in [-0.3, -0.25) is 4.79 Å². The van der Waals surface area contributed by atoms with Crippen molar-refractivity contribution in [2.45, 2.75) is 39.5 Å². The molecule has 2 saturated heterocycles. The molecule has 2 aliphatic rings. The van der Waals surface area contributed by atoms with Gasteiger partial charge in [0.25, 0.3) is 0 Å². The van der Waals surface area contributed by atoms with E-state index >= 15 is 0 Å². The van der Waals surface area contributed by atoms with E-state index in [1.54, 1.807) is 11.2 Å². The number of piperidine rings is 1. The second kappa shape index (κ2) is 6.95. The van der Waals surface area contributed by atoms with Crippen LogP contribution in [0.5, 0.6) is 0 Å². The van der Waals surface area contributed by atoms with Crippen LogP contribution in [0.4, 0.5) is 11.6 Å². The van der Waals surface area contributed by atoms with Gasteiger partial charge in [0.1, 0.15) is 18.0 Å². The molecule has 6 nitrogen and oxygen atoms in total. The normalized spacial score (nSPS) is 25.3. The molecule has 3 heterocycles. The van der Waals surface area contributed by atoms with Crippen LogP contribution >= 0.6 is 0 Å². The lowest BCUT2D eigenvalue weighted by Crippen LogP contribution is -2.49. The molecule has 24 heavy (non-hydrogen) atoms. The molecular formula is C18H29N5O. The van der Waals surface area contributed by atoms with Gasteiger partial charge in [0.2, 0.25) is 5.91 Å². The van der Waals surface area contributed by atoms with E-state index in [-0.39, 0.29) is 5.91 Å². The summed E-state index contributed by atoms with van der Waals surface area (Å²) in [6, 6.07) is 2.05. The summed E-state index contributed by atoms with van der Waals surface area (Å²) in [7, 11) is 1.85. The fourth-order valence-corrected chi connectivity index (χ4v) is 3.96. The lowest BCUT2D eigenvalue weighted by Gasteiger charge is -2.41. The monoisotopic (exact) mass is 331 g/mol. The third-order valence-corrected chi connectivity index (χ3v) is 5.38. The van der Waals surface area contributed by atoms with Gasteiger partial charge in [-0.05, 0) is 24.7 Å². The molecule has 2 aliphatic heterocycles. The molecular weight excluding hydrogens is 302 g/mol. The highest BCUT2D eigenvalue weighted by molar-refractivity contribution is 5.82. The molecule has 0 radical (unpaired) electrons. The van der Waals surface area contributed by atoms with E-state index in [4.69, 9.17) is 0 Å². The number of hydrogen-bond acceptors (Lipinski definition) is 5. The zero-order chi connectivity index (χ0) is 17.2. The van der Waals surface area contributed by atoms with Crippen molar-refractivity contribution in [2.75, 3.05) is 49.6 Å². The molecule has 0 aromatic carbocycles. The highest BCUT2D eigenvalue weighted by Crippen LogP contribution is 2.35. The fraction of sp³-hybridized carbons (Fsp3) is 0.722. The van der Waals surface area contributed by atoms with E-state index in [1.807, 2.05) is 7.05 Å². The predicted molar refractivity (Wildman–Crippen MR) is 96.3 cm³/mol. The second-order valence-corrected chi connectivity index (χ2v) is 7.56. The number of aromatic nitrogens is 2. The minimum absolute atomic E-state index is 0.148. The summed E-state index contributed by atoms with van der Waals surface area (Å²) in [6.45, 7) is 8.74. The third kappa shape index (κ3) is 3.62. The minimum Gasteiger partial charge on any atom is -0.356 e. The Balaban J connectivity index is 1.74. The van der Waals surface area contributed by atoms with Crippen LogP contribution in [-0.4, -0.2) is 60.5 Å². The SMILES string of the molecule is CCCC1(C)CCCN(c2cc(N3CCN(C)C(=O)C3)ncn2)C1. The first-order chi connectivity index (χ1) is 11.5. The van der Waals surface area contributed by atoms with Gasteiger partial charge in [-0.1, -0.05) is 20.3 Å². The topological polar surface area (TPSA) is 52.6 Å². The summed E-state index contributed by atoms with van der Waals surface area (Å²) in [5, 5.41) is 0. The Morgan fingerprint density at radius 1 is 1.17 bits per heavy atom. The van der Waals surface area contributed by atoms with Crippen molar-refractivity contribution >= 4 is 17.5 Å². The number of amides is 1. The van der Waals surface area contributed by atoms with E-state index in [2.05, 4.69) is 39.7 Å². The summed E-state index contributed by atoms with van der Waals surface area (Å²) in [6.07, 6.45) is 6.63. The van der Waals surface area contributed by atoms with E-state index in [9.17, 15) is 4.79 Å². The minimum atomic E-state index is 0.148. The summed E-state index contributed by atoms with van der Waals surface area (Å²) >= 11 is 0. The van der Waals surface area contributed by atoms with Crippen LogP contribution in [0, 0.1) is 5.41 Å². The van der Waals surface area contributed by atoms with Crippen molar-refractivity contribution in [1.82, 2.24) is 14.9 Å². The van der Waals surface area contributed by atoms with Gasteiger partial charge in [-0.2, -0.15) is 0 Å². The number of hydrogen-bond donors (Lipinski definition) is 0. The molecule has 2 fully saturated rings. The Morgan fingerprint density at radius 2 is 1.92 bits per heavy atom. The Kier molecular flexibility index (Phi) is 4.92. The number of piperazine rings is 1. The molecule has 0 aliphatic carbocycles. The average Bonchev–Trinajstić information content (AvgIpc) is 2.57. The van der Waals surface area contributed by atoms with Crippen molar-refractivity contribution < 1.29 is 4.79 Å². The van der Waals surface area contributed by atoms with Crippen LogP contribution in [0.1, 0.15) is 39.5 Å². The summed E-state index contributed by atoms with van der Waals surface area (Å²) < 4.78 is 0. The van der Waals surface area contributed by atoms with E-state index in [1.165, 1.54) is 25.7 Å². The van der Waals surface area contributed by atoms with Gasteiger partial charge < -0.3 is 14.7 Å². The standard InChI is InChI=1S/C18H29N5O/c1-4-6-18(2)7-5-8-23(13-18)16-11-15(19-14-20-16)22-10-9-21(3)17(24)12-22/h11,14H,4-10,12-13H2,1-3H3. The Morgan fingerprint density at radius 3 is 2.62 bits per heavy atom. The molecule has 1 aromatic heterocycles. The number of anilines is 2. The van der Waals surface area contributed by atoms with Crippen LogP contribution in [0.3, 0.4) is 0 Å². The van der Waals surface area contributed by atoms with Gasteiger partial charge in [0.15, 0.2) is 0 Å². The Bertz CT molecular complexity index is 589. The zero-order valence-electron chi connectivity index (χ0n) is 15.2. The zero-order valence-corrected chi connectivity index (χ0v) is 15.2. The highest BCUT2D eigenvalue weighted by Gasteiger charge is 2.31. The van der Waals surface area contributed by atoms with Gasteiger partial charge >= 0.3 is 0 Å². The molecule has 1 amide bonds. The Labute approximate surface area is 144 Å². The molecule has 6 heteroatoms. The van der Waals surface area contributed by atoms with Crippen molar-refractivity contribution in [3.63, 3.8) is 0 Å². The number of rotatable bonds is 4. The first kappa shape index (κ1) is 17.0. The first-order valence-corrected chi connectivity index (χ1v) is 9.07. The van der Waals surface area contributed by atoms with Crippen molar-refractivity contribution in [1.29, 1.82) is 0 Å². The maximum absolute atomic E-state index is 12.0. The second-order valence-electron chi connectivity index (χ2n) is 7.56. The van der Waals surface area contributed by atoms with Crippen LogP contribution in [0.25, 0.3) is 0 Å². The molecule has 1 unspecified atom stereocenters. The van der Waals surface area contributed by atoms with Crippen LogP contribution in [-0.2, 0) is 4.79 Å². The number of carbonyl (C=O) groups is 1. The molecule has 1 aromatic rings. The quantitative estimate of drug-likeness (QED) is 0.846. The average molecular weight is 331 g/mol. The molecule has 0 N–H and O–H groups in total. The highest BCUT2D eigenvalue weighted by atomic mass is 16.2. The Hall–Kier alpha value is -1.85.